The van der Waals surface area contributed by atoms with Crippen LogP contribution in [0.5, 0.6) is 0 Å². The van der Waals surface area contributed by atoms with Crippen LogP contribution in [0, 0.1) is 56.7 Å². The Morgan fingerprint density at radius 1 is 0.906 bits per heavy atom. The van der Waals surface area contributed by atoms with Crippen LogP contribution >= 0.6 is 0 Å². The second kappa shape index (κ2) is 6.97. The van der Waals surface area contributed by atoms with Crippen molar-refractivity contribution in [2.75, 3.05) is 0 Å². The quantitative estimate of drug-likeness (QED) is 0.393. The number of allylic oxidation sites excluding steroid dienone is 1. The molecule has 8 atom stereocenters. The maximum atomic E-state index is 12.8. The predicted molar refractivity (Wildman–Crippen MR) is 134 cm³/mol. The molecule has 0 saturated heterocycles. The molecule has 5 aliphatic rings. The fourth-order valence-corrected chi connectivity index (χ4v) is 11.0. The van der Waals surface area contributed by atoms with Crippen LogP contribution in [0.3, 0.4) is 0 Å². The third-order valence-corrected chi connectivity index (χ3v) is 13.3. The highest BCUT2D eigenvalue weighted by atomic mass is 16.1. The van der Waals surface area contributed by atoms with Gasteiger partial charge in [-0.15, -0.1) is 0 Å². The molecule has 1 nitrogen and oxygen atoms in total. The van der Waals surface area contributed by atoms with Crippen molar-refractivity contribution < 1.29 is 4.79 Å². The summed E-state index contributed by atoms with van der Waals surface area (Å²) >= 11 is 0. The standard InChI is InChI=1S/C31H50O/c1-20(2)21(3)9-10-22(4)23-13-15-29(8)25-12-11-24-27(5,6)26(32)14-16-30(24)19-31(25,30)18-17-28(23,29)7/h20,22-25H,3,9-19H2,1-2,4-8H3/t22?,23-,24?,25?,28?,29?,30-,31+/m1/s1. The lowest BCUT2D eigenvalue weighted by molar-refractivity contribution is -0.157. The molecule has 180 valence electrons. The first-order chi connectivity index (χ1) is 14.9. The molecule has 2 spiro atoms. The summed E-state index contributed by atoms with van der Waals surface area (Å²) in [5.74, 6) is 4.41. The van der Waals surface area contributed by atoms with Gasteiger partial charge >= 0.3 is 0 Å². The highest BCUT2D eigenvalue weighted by molar-refractivity contribution is 5.86. The van der Waals surface area contributed by atoms with E-state index < -0.39 is 0 Å². The van der Waals surface area contributed by atoms with Gasteiger partial charge in [-0.05, 0) is 115 Å². The lowest BCUT2D eigenvalue weighted by Crippen LogP contribution is -2.57. The van der Waals surface area contributed by atoms with Crippen molar-refractivity contribution in [1.82, 2.24) is 0 Å². The molecule has 5 unspecified atom stereocenters. The Morgan fingerprint density at radius 3 is 2.25 bits per heavy atom. The second-order valence-corrected chi connectivity index (χ2v) is 14.6. The van der Waals surface area contributed by atoms with Crippen molar-refractivity contribution in [3.05, 3.63) is 12.2 Å². The van der Waals surface area contributed by atoms with Crippen LogP contribution in [0.25, 0.3) is 0 Å². The first-order valence-electron chi connectivity index (χ1n) is 14.1. The van der Waals surface area contributed by atoms with Gasteiger partial charge in [-0.3, -0.25) is 4.79 Å². The predicted octanol–water partition coefficient (Wildman–Crippen LogP) is 8.62. The Bertz CT molecular complexity index is 820. The first-order valence-corrected chi connectivity index (χ1v) is 14.1. The third-order valence-electron chi connectivity index (χ3n) is 13.3. The van der Waals surface area contributed by atoms with Gasteiger partial charge in [-0.2, -0.15) is 0 Å². The van der Waals surface area contributed by atoms with Crippen molar-refractivity contribution in [3.63, 3.8) is 0 Å². The number of hydrogen-bond donors (Lipinski definition) is 0. The van der Waals surface area contributed by atoms with Gasteiger partial charge in [0.15, 0.2) is 0 Å². The van der Waals surface area contributed by atoms with Gasteiger partial charge < -0.3 is 0 Å². The lowest BCUT2D eigenvalue weighted by Gasteiger charge is -2.62. The van der Waals surface area contributed by atoms with Crippen molar-refractivity contribution in [2.24, 2.45) is 56.7 Å². The fraction of sp³-hybridized carbons (Fsp3) is 0.903. The van der Waals surface area contributed by atoms with Gasteiger partial charge in [0.05, 0.1) is 0 Å². The van der Waals surface area contributed by atoms with E-state index in [0.29, 0.717) is 39.3 Å². The Kier molecular flexibility index (Phi) is 5.05. The molecule has 32 heavy (non-hydrogen) atoms. The molecule has 0 amide bonds. The highest BCUT2D eigenvalue weighted by Gasteiger charge is 2.82. The molecule has 0 N–H and O–H groups in total. The van der Waals surface area contributed by atoms with Crippen LogP contribution in [-0.4, -0.2) is 5.78 Å². The number of hydrogen-bond acceptors (Lipinski definition) is 1. The summed E-state index contributed by atoms with van der Waals surface area (Å²) in [5, 5.41) is 0. The molecule has 0 heterocycles. The smallest absolute Gasteiger partial charge is 0.138 e. The van der Waals surface area contributed by atoms with E-state index in [9.17, 15) is 4.79 Å². The minimum Gasteiger partial charge on any atom is -0.299 e. The zero-order valence-electron chi connectivity index (χ0n) is 22.3. The van der Waals surface area contributed by atoms with Gasteiger partial charge in [0.1, 0.15) is 5.78 Å². The summed E-state index contributed by atoms with van der Waals surface area (Å²) in [6.07, 6.45) is 14.5. The summed E-state index contributed by atoms with van der Waals surface area (Å²) in [4.78, 5) is 12.8. The second-order valence-electron chi connectivity index (χ2n) is 14.6. The molecular weight excluding hydrogens is 388 g/mol. The molecule has 0 aromatic rings. The largest absolute Gasteiger partial charge is 0.299 e. The summed E-state index contributed by atoms with van der Waals surface area (Å²) in [7, 11) is 0. The van der Waals surface area contributed by atoms with Gasteiger partial charge in [0.2, 0.25) is 0 Å². The number of rotatable bonds is 5. The zero-order chi connectivity index (χ0) is 23.3. The summed E-state index contributed by atoms with van der Waals surface area (Å²) in [6.45, 7) is 21.5. The first kappa shape index (κ1) is 23.2. The Hall–Kier alpha value is -0.590. The molecule has 5 aliphatic carbocycles. The van der Waals surface area contributed by atoms with E-state index in [2.05, 4.69) is 55.0 Å². The average molecular weight is 439 g/mol. The number of Topliss-reactive ketones (excluding diaryl/α,β-unsaturated/α-hetero) is 1. The molecule has 5 rings (SSSR count). The monoisotopic (exact) mass is 438 g/mol. The minimum absolute atomic E-state index is 0.0834. The fourth-order valence-electron chi connectivity index (χ4n) is 11.0. The molecule has 0 aromatic carbocycles. The van der Waals surface area contributed by atoms with E-state index in [1.807, 2.05) is 0 Å². The summed E-state index contributed by atoms with van der Waals surface area (Å²) < 4.78 is 0. The molecular formula is C31H50O. The number of ketones is 1. The van der Waals surface area contributed by atoms with E-state index in [4.69, 9.17) is 0 Å². The molecule has 0 aromatic heterocycles. The molecule has 5 fully saturated rings. The van der Waals surface area contributed by atoms with Crippen LogP contribution in [0.4, 0.5) is 0 Å². The third kappa shape index (κ3) is 2.66. The zero-order valence-corrected chi connectivity index (χ0v) is 22.3. The average Bonchev–Trinajstić information content (AvgIpc) is 3.31. The van der Waals surface area contributed by atoms with E-state index >= 15 is 0 Å². The lowest BCUT2D eigenvalue weighted by atomic mass is 9.42. The highest BCUT2D eigenvalue weighted by Crippen LogP contribution is 2.88. The number of carbonyl (C=O) groups is 1. The maximum absolute atomic E-state index is 12.8. The molecule has 0 bridgehead atoms. The summed E-state index contributed by atoms with van der Waals surface area (Å²) in [6, 6.07) is 0. The maximum Gasteiger partial charge on any atom is 0.138 e. The van der Waals surface area contributed by atoms with Crippen molar-refractivity contribution in [2.45, 2.75) is 119 Å². The Labute approximate surface area is 198 Å². The van der Waals surface area contributed by atoms with E-state index in [1.165, 1.54) is 69.8 Å². The van der Waals surface area contributed by atoms with Crippen molar-refractivity contribution in [1.29, 1.82) is 0 Å². The topological polar surface area (TPSA) is 17.1 Å². The molecule has 0 aliphatic heterocycles. The van der Waals surface area contributed by atoms with E-state index in [0.717, 1.165) is 24.2 Å². The molecule has 0 radical (unpaired) electrons. The van der Waals surface area contributed by atoms with E-state index in [-0.39, 0.29) is 5.41 Å². The number of fused-ring (bicyclic) bond motifs is 2. The van der Waals surface area contributed by atoms with Crippen LogP contribution < -0.4 is 0 Å². The summed E-state index contributed by atoms with van der Waals surface area (Å²) in [5.41, 5.74) is 3.44. The molecule has 1 heteroatoms. The van der Waals surface area contributed by atoms with Crippen LogP contribution in [0.15, 0.2) is 12.2 Å². The minimum atomic E-state index is -0.0834. The Morgan fingerprint density at radius 2 is 1.56 bits per heavy atom. The molecule has 5 saturated carbocycles. The van der Waals surface area contributed by atoms with Crippen LogP contribution in [0.1, 0.15) is 119 Å². The van der Waals surface area contributed by atoms with Gasteiger partial charge in [-0.25, -0.2) is 0 Å². The van der Waals surface area contributed by atoms with Crippen molar-refractivity contribution >= 4 is 5.78 Å². The van der Waals surface area contributed by atoms with Crippen molar-refractivity contribution in [3.8, 4) is 0 Å². The van der Waals surface area contributed by atoms with Crippen LogP contribution in [-0.2, 0) is 4.79 Å². The van der Waals surface area contributed by atoms with Gasteiger partial charge in [0.25, 0.3) is 0 Å². The SMILES string of the molecule is C=C(CCC(C)[C@H]1CCC2(C)C3CCC4C(C)(C)C(=O)CC[C@@]45C[C@@]35CCC12C)C(C)C. The van der Waals surface area contributed by atoms with Crippen LogP contribution in [0.2, 0.25) is 0 Å². The van der Waals surface area contributed by atoms with E-state index in [1.54, 1.807) is 0 Å². The van der Waals surface area contributed by atoms with Gasteiger partial charge in [-0.1, -0.05) is 60.6 Å². The normalized spacial score (nSPS) is 49.6. The Balaban J connectivity index is 1.39. The number of carbonyl (C=O) groups excluding carboxylic acids is 1. The van der Waals surface area contributed by atoms with Gasteiger partial charge in [0, 0.05) is 11.8 Å².